The molecule has 0 radical (unpaired) electrons. The Morgan fingerprint density at radius 3 is 1.77 bits per heavy atom. The van der Waals surface area contributed by atoms with Gasteiger partial charge in [0.05, 0.1) is 26.9 Å². The summed E-state index contributed by atoms with van der Waals surface area (Å²) in [6.45, 7) is 0. The molecule has 0 saturated heterocycles. The molecule has 262 valence electrons. The third-order valence-electron chi connectivity index (χ3n) is 10.8. The number of nitrogens with zero attached hydrogens (tertiary/aromatic N) is 3. The maximum Gasteiger partial charge on any atom is 0.160 e. The second-order valence-electron chi connectivity index (χ2n) is 14.1. The Balaban J connectivity index is 1.12. The second kappa shape index (κ2) is 13.3. The third kappa shape index (κ3) is 5.34. The lowest BCUT2D eigenvalue weighted by molar-refractivity contribution is 1.18. The fourth-order valence-electron chi connectivity index (χ4n) is 8.24. The Morgan fingerprint density at radius 2 is 0.982 bits per heavy atom. The molecule has 4 heteroatoms. The monoisotopic (exact) mass is 731 g/mol. The molecule has 0 aliphatic rings. The van der Waals surface area contributed by atoms with E-state index in [2.05, 4.69) is 199 Å². The van der Waals surface area contributed by atoms with E-state index >= 15 is 0 Å². The van der Waals surface area contributed by atoms with Crippen LogP contribution in [0.2, 0.25) is 0 Å². The normalized spacial score (nSPS) is 11.6. The van der Waals surface area contributed by atoms with Crippen LogP contribution in [0.1, 0.15) is 0 Å². The molecule has 11 rings (SSSR count). The van der Waals surface area contributed by atoms with E-state index in [4.69, 9.17) is 9.97 Å². The molecule has 0 bridgehead atoms. The summed E-state index contributed by atoms with van der Waals surface area (Å²) in [4.78, 5) is 10.6. The van der Waals surface area contributed by atoms with Crippen LogP contribution in [0, 0.1) is 0 Å². The van der Waals surface area contributed by atoms with Crippen molar-refractivity contribution in [2.24, 2.45) is 0 Å². The van der Waals surface area contributed by atoms with Gasteiger partial charge in [0.15, 0.2) is 5.82 Å². The standard InChI is InChI=1S/C52H33N3S/c1-4-15-34(16-5-1)35-29-31-36(32-30-35)48-51-49(54-52(53-48)37-17-6-2-7-18-37)47-41(24-14-28-46(47)56-51)38-19-12-20-39(33-38)42-25-13-26-44-43-23-10-11-27-45(43)55(50(42)44)40-21-8-3-9-22-40/h1-33H. The molecular weight excluding hydrogens is 699 g/mol. The van der Waals surface area contributed by atoms with Crippen molar-refractivity contribution in [3.63, 3.8) is 0 Å². The average molecular weight is 732 g/mol. The lowest BCUT2D eigenvalue weighted by atomic mass is 9.95. The molecular formula is C52H33N3S. The molecule has 0 aliphatic carbocycles. The minimum atomic E-state index is 0.726. The minimum Gasteiger partial charge on any atom is -0.309 e. The lowest BCUT2D eigenvalue weighted by Crippen LogP contribution is -1.95. The fourth-order valence-corrected chi connectivity index (χ4v) is 9.42. The number of hydrogen-bond acceptors (Lipinski definition) is 3. The van der Waals surface area contributed by atoms with Gasteiger partial charge in [0.2, 0.25) is 0 Å². The van der Waals surface area contributed by atoms with Gasteiger partial charge >= 0.3 is 0 Å². The van der Waals surface area contributed by atoms with Gasteiger partial charge in [-0.2, -0.15) is 0 Å². The van der Waals surface area contributed by atoms with Gasteiger partial charge < -0.3 is 4.57 Å². The van der Waals surface area contributed by atoms with E-state index in [1.54, 1.807) is 11.3 Å². The van der Waals surface area contributed by atoms with Crippen molar-refractivity contribution in [1.82, 2.24) is 14.5 Å². The van der Waals surface area contributed by atoms with Crippen LogP contribution in [-0.4, -0.2) is 14.5 Å². The molecule has 0 atom stereocenters. The Kier molecular flexibility index (Phi) is 7.68. The summed E-state index contributed by atoms with van der Waals surface area (Å²) in [6.07, 6.45) is 0. The van der Waals surface area contributed by atoms with Gasteiger partial charge in [-0.05, 0) is 58.1 Å². The first-order chi connectivity index (χ1) is 27.8. The zero-order chi connectivity index (χ0) is 37.0. The van der Waals surface area contributed by atoms with Crippen molar-refractivity contribution in [2.75, 3.05) is 0 Å². The molecule has 0 aliphatic heterocycles. The van der Waals surface area contributed by atoms with Crippen LogP contribution < -0.4 is 0 Å². The van der Waals surface area contributed by atoms with E-state index in [0.29, 0.717) is 0 Å². The fraction of sp³-hybridized carbons (Fsp3) is 0. The minimum absolute atomic E-state index is 0.726. The summed E-state index contributed by atoms with van der Waals surface area (Å²) >= 11 is 1.77. The maximum atomic E-state index is 5.36. The van der Waals surface area contributed by atoms with E-state index in [9.17, 15) is 0 Å². The van der Waals surface area contributed by atoms with E-state index in [1.165, 1.54) is 48.8 Å². The van der Waals surface area contributed by atoms with Crippen molar-refractivity contribution < 1.29 is 0 Å². The molecule has 3 nitrogen and oxygen atoms in total. The lowest BCUT2D eigenvalue weighted by Gasteiger charge is -2.13. The van der Waals surface area contributed by atoms with Gasteiger partial charge in [-0.25, -0.2) is 9.97 Å². The summed E-state index contributed by atoms with van der Waals surface area (Å²) in [7, 11) is 0. The van der Waals surface area contributed by atoms with Gasteiger partial charge in [-0.15, -0.1) is 11.3 Å². The molecule has 0 N–H and O–H groups in total. The smallest absolute Gasteiger partial charge is 0.160 e. The number of thiophene rings is 1. The van der Waals surface area contributed by atoms with E-state index in [-0.39, 0.29) is 0 Å². The number of rotatable bonds is 6. The van der Waals surface area contributed by atoms with Crippen LogP contribution >= 0.6 is 11.3 Å². The summed E-state index contributed by atoms with van der Waals surface area (Å²) in [6, 6.07) is 71.4. The average Bonchev–Trinajstić information content (AvgIpc) is 3.83. The predicted octanol–water partition coefficient (Wildman–Crippen LogP) is 14.3. The number of aromatic nitrogens is 3. The first kappa shape index (κ1) is 32.3. The summed E-state index contributed by atoms with van der Waals surface area (Å²) < 4.78 is 4.69. The largest absolute Gasteiger partial charge is 0.309 e. The van der Waals surface area contributed by atoms with Crippen LogP contribution in [0.4, 0.5) is 0 Å². The zero-order valence-corrected chi connectivity index (χ0v) is 31.1. The Morgan fingerprint density at radius 1 is 0.411 bits per heavy atom. The van der Waals surface area contributed by atoms with E-state index in [0.717, 1.165) is 55.1 Å². The van der Waals surface area contributed by atoms with Crippen molar-refractivity contribution in [1.29, 1.82) is 0 Å². The SMILES string of the molecule is c1ccc(-c2ccc(-c3nc(-c4ccccc4)nc4c3sc3cccc(-c5cccc(-c6cccc7c8ccccc8n(-c8ccccc8)c67)c5)c34)cc2)cc1. The van der Waals surface area contributed by atoms with Crippen LogP contribution in [0.3, 0.4) is 0 Å². The summed E-state index contributed by atoms with van der Waals surface area (Å²) in [5, 5.41) is 3.65. The highest BCUT2D eigenvalue weighted by atomic mass is 32.1. The highest BCUT2D eigenvalue weighted by Crippen LogP contribution is 2.45. The Labute approximate surface area is 328 Å². The number of para-hydroxylation sites is 3. The van der Waals surface area contributed by atoms with Gasteiger partial charge in [0.25, 0.3) is 0 Å². The molecule has 0 saturated carbocycles. The molecule has 3 heterocycles. The molecule has 3 aromatic heterocycles. The van der Waals surface area contributed by atoms with Gasteiger partial charge in [-0.1, -0.05) is 170 Å². The quantitative estimate of drug-likeness (QED) is 0.170. The molecule has 56 heavy (non-hydrogen) atoms. The first-order valence-electron chi connectivity index (χ1n) is 18.9. The van der Waals surface area contributed by atoms with Crippen LogP contribution in [-0.2, 0) is 0 Å². The molecule has 0 spiro atoms. The number of hydrogen-bond donors (Lipinski definition) is 0. The number of fused-ring (bicyclic) bond motifs is 6. The first-order valence-corrected chi connectivity index (χ1v) is 19.7. The highest BCUT2D eigenvalue weighted by Gasteiger charge is 2.21. The molecule has 8 aromatic carbocycles. The third-order valence-corrected chi connectivity index (χ3v) is 12.0. The maximum absolute atomic E-state index is 5.36. The van der Waals surface area contributed by atoms with Crippen molar-refractivity contribution in [3.8, 4) is 61.7 Å². The van der Waals surface area contributed by atoms with Crippen molar-refractivity contribution >= 4 is 53.4 Å². The Bertz CT molecular complexity index is 3220. The molecule has 11 aromatic rings. The van der Waals surface area contributed by atoms with Crippen LogP contribution in [0.25, 0.3) is 104 Å². The summed E-state index contributed by atoms with van der Waals surface area (Å²) in [5.74, 6) is 0.726. The van der Waals surface area contributed by atoms with Gasteiger partial charge in [0, 0.05) is 43.2 Å². The number of benzene rings is 8. The second-order valence-corrected chi connectivity index (χ2v) is 15.2. The van der Waals surface area contributed by atoms with Gasteiger partial charge in [0.1, 0.15) is 0 Å². The highest BCUT2D eigenvalue weighted by molar-refractivity contribution is 7.26. The zero-order valence-electron chi connectivity index (χ0n) is 30.3. The Hall–Kier alpha value is -7.14. The van der Waals surface area contributed by atoms with E-state index in [1.807, 2.05) is 6.07 Å². The topological polar surface area (TPSA) is 30.7 Å². The molecule has 0 unspecified atom stereocenters. The van der Waals surface area contributed by atoms with Crippen molar-refractivity contribution in [3.05, 3.63) is 200 Å². The summed E-state index contributed by atoms with van der Waals surface area (Å²) in [5.41, 5.74) is 14.6. The predicted molar refractivity (Wildman–Crippen MR) is 236 cm³/mol. The molecule has 0 fully saturated rings. The van der Waals surface area contributed by atoms with Crippen molar-refractivity contribution in [2.45, 2.75) is 0 Å². The van der Waals surface area contributed by atoms with E-state index < -0.39 is 0 Å². The van der Waals surface area contributed by atoms with Gasteiger partial charge in [-0.3, -0.25) is 0 Å². The molecule has 0 amide bonds. The van der Waals surface area contributed by atoms with Crippen LogP contribution in [0.5, 0.6) is 0 Å². The van der Waals surface area contributed by atoms with Crippen LogP contribution in [0.15, 0.2) is 200 Å².